The Morgan fingerprint density at radius 2 is 1.86 bits per heavy atom. The zero-order valence-electron chi connectivity index (χ0n) is 17.1. The van der Waals surface area contributed by atoms with Crippen LogP contribution in [0.2, 0.25) is 0 Å². The van der Waals surface area contributed by atoms with Gasteiger partial charge in [-0.1, -0.05) is 30.3 Å². The standard InChI is InChI=1S/C24H31N3O/c1-26(2)23(28)20(17-21-8-5-6-14-25-21)18-27-15-12-24(13-16-27)11-10-19-7-3-4-9-22(19)24/h3-9,14,20H,10-13,15-18H2,1-2H3. The molecule has 0 saturated carbocycles. The van der Waals surface area contributed by atoms with Gasteiger partial charge in [0.1, 0.15) is 0 Å². The Balaban J connectivity index is 1.42. The number of likely N-dealkylation sites (tertiary alicyclic amines) is 1. The molecule has 2 heterocycles. The Hall–Kier alpha value is -2.20. The highest BCUT2D eigenvalue weighted by atomic mass is 16.2. The van der Waals surface area contributed by atoms with Crippen molar-refractivity contribution >= 4 is 5.91 Å². The first kappa shape index (κ1) is 19.1. The molecule has 1 saturated heterocycles. The minimum absolute atomic E-state index is 0.0326. The summed E-state index contributed by atoms with van der Waals surface area (Å²) in [4.78, 5) is 21.5. The highest BCUT2D eigenvalue weighted by molar-refractivity contribution is 5.78. The van der Waals surface area contributed by atoms with Crippen molar-refractivity contribution < 1.29 is 4.79 Å². The van der Waals surface area contributed by atoms with Crippen LogP contribution in [-0.2, 0) is 23.1 Å². The Morgan fingerprint density at radius 1 is 1.11 bits per heavy atom. The van der Waals surface area contributed by atoms with Gasteiger partial charge in [0.2, 0.25) is 5.91 Å². The van der Waals surface area contributed by atoms with Crippen LogP contribution in [-0.4, -0.2) is 54.4 Å². The third-order valence-corrected chi connectivity index (χ3v) is 6.73. The predicted molar refractivity (Wildman–Crippen MR) is 112 cm³/mol. The quantitative estimate of drug-likeness (QED) is 0.802. The van der Waals surface area contributed by atoms with Crippen LogP contribution in [0.4, 0.5) is 0 Å². The number of carbonyl (C=O) groups excluding carboxylic acids is 1. The van der Waals surface area contributed by atoms with E-state index in [1.165, 1.54) is 25.7 Å². The van der Waals surface area contributed by atoms with Crippen molar-refractivity contribution in [1.29, 1.82) is 0 Å². The van der Waals surface area contributed by atoms with E-state index in [2.05, 4.69) is 34.1 Å². The summed E-state index contributed by atoms with van der Waals surface area (Å²) in [6.07, 6.45) is 7.44. The average Bonchev–Trinajstić information content (AvgIpc) is 3.08. The van der Waals surface area contributed by atoms with Gasteiger partial charge in [0.15, 0.2) is 0 Å². The van der Waals surface area contributed by atoms with E-state index in [1.807, 2.05) is 38.5 Å². The molecule has 0 bridgehead atoms. The zero-order valence-corrected chi connectivity index (χ0v) is 17.1. The summed E-state index contributed by atoms with van der Waals surface area (Å²) in [6, 6.07) is 15.0. The van der Waals surface area contributed by atoms with Gasteiger partial charge in [-0.05, 0) is 67.4 Å². The number of benzene rings is 1. The molecule has 4 heteroatoms. The third-order valence-electron chi connectivity index (χ3n) is 6.73. The van der Waals surface area contributed by atoms with Crippen molar-refractivity contribution in [3.8, 4) is 0 Å². The van der Waals surface area contributed by atoms with Gasteiger partial charge in [-0.2, -0.15) is 0 Å². The lowest BCUT2D eigenvalue weighted by molar-refractivity contribution is -0.133. The topological polar surface area (TPSA) is 36.4 Å². The lowest BCUT2D eigenvalue weighted by atomic mass is 9.73. The number of rotatable bonds is 5. The molecule has 1 aromatic heterocycles. The summed E-state index contributed by atoms with van der Waals surface area (Å²) in [5.41, 5.74) is 4.51. The van der Waals surface area contributed by atoms with Gasteiger partial charge >= 0.3 is 0 Å². The number of piperidine rings is 1. The second kappa shape index (κ2) is 8.04. The highest BCUT2D eigenvalue weighted by Crippen LogP contribution is 2.46. The number of nitrogens with zero attached hydrogens (tertiary/aromatic N) is 3. The Bertz CT molecular complexity index is 810. The molecule has 0 N–H and O–H groups in total. The van der Waals surface area contributed by atoms with Crippen LogP contribution in [0.3, 0.4) is 0 Å². The molecular weight excluding hydrogens is 346 g/mol. The minimum Gasteiger partial charge on any atom is -0.349 e. The second-order valence-corrected chi connectivity index (χ2v) is 8.69. The number of hydrogen-bond donors (Lipinski definition) is 0. The molecular formula is C24H31N3O. The number of hydrogen-bond acceptors (Lipinski definition) is 3. The molecule has 1 atom stereocenters. The molecule has 0 radical (unpaired) electrons. The molecule has 1 aliphatic heterocycles. The fourth-order valence-corrected chi connectivity index (χ4v) is 5.13. The maximum atomic E-state index is 12.8. The molecule has 28 heavy (non-hydrogen) atoms. The SMILES string of the molecule is CN(C)C(=O)C(Cc1ccccn1)CN1CCC2(CCc3ccccc32)CC1. The fourth-order valence-electron chi connectivity index (χ4n) is 5.13. The number of amides is 1. The molecule has 1 aliphatic carbocycles. The van der Waals surface area contributed by atoms with Gasteiger partial charge in [-0.25, -0.2) is 0 Å². The summed E-state index contributed by atoms with van der Waals surface area (Å²) in [5.74, 6) is 0.173. The number of carbonyl (C=O) groups is 1. The lowest BCUT2D eigenvalue weighted by Crippen LogP contribution is -2.46. The van der Waals surface area contributed by atoms with Crippen LogP contribution in [0.15, 0.2) is 48.7 Å². The Kier molecular flexibility index (Phi) is 5.49. The normalized spacial score (nSPS) is 19.4. The van der Waals surface area contributed by atoms with Crippen LogP contribution in [0.25, 0.3) is 0 Å². The summed E-state index contributed by atoms with van der Waals surface area (Å²) in [5, 5.41) is 0. The van der Waals surface area contributed by atoms with Crippen LogP contribution < -0.4 is 0 Å². The van der Waals surface area contributed by atoms with Crippen LogP contribution in [0.5, 0.6) is 0 Å². The van der Waals surface area contributed by atoms with Crippen LogP contribution in [0, 0.1) is 5.92 Å². The molecule has 2 aromatic rings. The van der Waals surface area contributed by atoms with Crippen LogP contribution in [0.1, 0.15) is 36.1 Å². The van der Waals surface area contributed by atoms with Crippen LogP contribution >= 0.6 is 0 Å². The van der Waals surface area contributed by atoms with Gasteiger partial charge in [0, 0.05) is 39.0 Å². The third kappa shape index (κ3) is 3.83. The fraction of sp³-hybridized carbons (Fsp3) is 0.500. The van der Waals surface area contributed by atoms with Crippen molar-refractivity contribution in [2.45, 2.75) is 37.5 Å². The van der Waals surface area contributed by atoms with Gasteiger partial charge < -0.3 is 9.80 Å². The van der Waals surface area contributed by atoms with E-state index >= 15 is 0 Å². The second-order valence-electron chi connectivity index (χ2n) is 8.69. The number of aromatic nitrogens is 1. The molecule has 2 aliphatic rings. The lowest BCUT2D eigenvalue weighted by Gasteiger charge is -2.41. The predicted octanol–water partition coefficient (Wildman–Crippen LogP) is 3.31. The number of fused-ring (bicyclic) bond motifs is 2. The Morgan fingerprint density at radius 3 is 2.57 bits per heavy atom. The smallest absolute Gasteiger partial charge is 0.226 e. The molecule has 1 fully saturated rings. The van der Waals surface area contributed by atoms with E-state index in [0.717, 1.165) is 25.3 Å². The largest absolute Gasteiger partial charge is 0.349 e. The summed E-state index contributed by atoms with van der Waals surface area (Å²) < 4.78 is 0. The Labute approximate surface area is 168 Å². The summed E-state index contributed by atoms with van der Waals surface area (Å²) in [7, 11) is 3.71. The van der Waals surface area contributed by atoms with Gasteiger partial charge in [0.25, 0.3) is 0 Å². The van der Waals surface area contributed by atoms with E-state index in [1.54, 1.807) is 16.0 Å². The summed E-state index contributed by atoms with van der Waals surface area (Å²) in [6.45, 7) is 2.98. The van der Waals surface area contributed by atoms with Crippen molar-refractivity contribution in [3.05, 3.63) is 65.5 Å². The highest BCUT2D eigenvalue weighted by Gasteiger charge is 2.41. The van der Waals surface area contributed by atoms with E-state index in [9.17, 15) is 4.79 Å². The van der Waals surface area contributed by atoms with Crippen molar-refractivity contribution in [3.63, 3.8) is 0 Å². The first-order chi connectivity index (χ1) is 13.6. The molecule has 4 rings (SSSR count). The molecule has 4 nitrogen and oxygen atoms in total. The van der Waals surface area contributed by atoms with E-state index in [4.69, 9.17) is 0 Å². The molecule has 1 amide bonds. The number of aryl methyl sites for hydroxylation is 1. The van der Waals surface area contributed by atoms with Crippen molar-refractivity contribution in [2.75, 3.05) is 33.7 Å². The molecule has 1 unspecified atom stereocenters. The minimum atomic E-state index is -0.0326. The van der Waals surface area contributed by atoms with Gasteiger partial charge in [0.05, 0.1) is 5.92 Å². The van der Waals surface area contributed by atoms with Gasteiger partial charge in [-0.3, -0.25) is 9.78 Å². The molecule has 1 spiro atoms. The molecule has 1 aromatic carbocycles. The first-order valence-electron chi connectivity index (χ1n) is 10.5. The van der Waals surface area contributed by atoms with Crippen molar-refractivity contribution in [2.24, 2.45) is 5.92 Å². The number of pyridine rings is 1. The van der Waals surface area contributed by atoms with Crippen molar-refractivity contribution in [1.82, 2.24) is 14.8 Å². The van der Waals surface area contributed by atoms with E-state index in [-0.39, 0.29) is 11.8 Å². The monoisotopic (exact) mass is 377 g/mol. The first-order valence-corrected chi connectivity index (χ1v) is 10.5. The zero-order chi connectivity index (χ0) is 19.6. The average molecular weight is 378 g/mol. The molecule has 148 valence electrons. The van der Waals surface area contributed by atoms with E-state index in [0.29, 0.717) is 11.8 Å². The maximum absolute atomic E-state index is 12.8. The van der Waals surface area contributed by atoms with E-state index < -0.39 is 0 Å². The van der Waals surface area contributed by atoms with Gasteiger partial charge in [-0.15, -0.1) is 0 Å². The maximum Gasteiger partial charge on any atom is 0.226 e. The summed E-state index contributed by atoms with van der Waals surface area (Å²) >= 11 is 0.